The van der Waals surface area contributed by atoms with Crippen LogP contribution in [0.25, 0.3) is 0 Å². The molecule has 0 aromatic heterocycles. The first-order chi connectivity index (χ1) is 11.3. The molecule has 1 aromatic carbocycles. The van der Waals surface area contributed by atoms with Gasteiger partial charge in [-0.15, -0.1) is 3.87 Å². The van der Waals surface area contributed by atoms with Crippen LogP contribution < -0.4 is 8.77 Å². The van der Waals surface area contributed by atoms with E-state index in [2.05, 4.69) is 0 Å². The molecule has 1 heterocycles. The summed E-state index contributed by atoms with van der Waals surface area (Å²) in [5, 5.41) is 11.4. The Morgan fingerprint density at radius 3 is 1.76 bits per heavy atom. The van der Waals surface area contributed by atoms with Crippen LogP contribution in [-0.4, -0.2) is 34.2 Å². The van der Waals surface area contributed by atoms with Gasteiger partial charge in [0.15, 0.2) is 0 Å². The van der Waals surface area contributed by atoms with E-state index in [4.69, 9.17) is 0 Å². The quantitative estimate of drug-likeness (QED) is 0.508. The number of alkyl halides is 3. The van der Waals surface area contributed by atoms with Gasteiger partial charge in [-0.05, 0) is 24.3 Å². The van der Waals surface area contributed by atoms with Crippen molar-refractivity contribution in [1.29, 1.82) is 0 Å². The van der Waals surface area contributed by atoms with Crippen LogP contribution in [0.4, 0.5) is 18.9 Å². The minimum Gasteiger partial charge on any atom is -0.602 e. The fourth-order valence-electron chi connectivity index (χ4n) is 1.76. The zero-order chi connectivity index (χ0) is 19.2. The van der Waals surface area contributed by atoms with Crippen molar-refractivity contribution in [1.82, 2.24) is 0 Å². The normalized spacial score (nSPS) is 17.2. The number of quaternary nitrogens is 1. The van der Waals surface area contributed by atoms with Crippen LogP contribution in [-0.2, 0) is 29.6 Å². The highest BCUT2D eigenvalue weighted by Gasteiger charge is 2.55. The average molecular weight is 400 g/mol. The molecular formula is C11H7F3N2O7S2. The van der Waals surface area contributed by atoms with E-state index in [0.717, 1.165) is 24.3 Å². The van der Waals surface area contributed by atoms with Gasteiger partial charge in [0.2, 0.25) is 0 Å². The Morgan fingerprint density at radius 1 is 0.920 bits per heavy atom. The van der Waals surface area contributed by atoms with Crippen molar-refractivity contribution < 1.29 is 43.5 Å². The topological polar surface area (TPSA) is 133 Å². The number of benzene rings is 1. The molecule has 1 unspecified atom stereocenters. The van der Waals surface area contributed by atoms with E-state index in [1.807, 2.05) is 0 Å². The van der Waals surface area contributed by atoms with Crippen LogP contribution in [0, 0.1) is 5.21 Å². The van der Waals surface area contributed by atoms with Crippen molar-refractivity contribution in [3.63, 3.8) is 0 Å². The van der Waals surface area contributed by atoms with E-state index < -0.39 is 46.1 Å². The molecule has 1 aliphatic heterocycles. The van der Waals surface area contributed by atoms with E-state index in [-0.39, 0.29) is 5.69 Å². The molecule has 9 nitrogen and oxygen atoms in total. The van der Waals surface area contributed by atoms with Crippen molar-refractivity contribution in [2.24, 2.45) is 0 Å². The van der Waals surface area contributed by atoms with Crippen molar-refractivity contribution in [3.05, 3.63) is 41.6 Å². The van der Waals surface area contributed by atoms with Crippen molar-refractivity contribution in [2.75, 3.05) is 4.90 Å². The average Bonchev–Trinajstić information content (AvgIpc) is 2.84. The highest BCUT2D eigenvalue weighted by atomic mass is 32.3. The van der Waals surface area contributed by atoms with E-state index in [0.29, 0.717) is 17.0 Å². The molecular weight excluding hydrogens is 393 g/mol. The molecule has 0 aliphatic carbocycles. The van der Waals surface area contributed by atoms with Gasteiger partial charge in [0.25, 0.3) is 11.8 Å². The highest BCUT2D eigenvalue weighted by molar-refractivity contribution is 7.97. The Morgan fingerprint density at radius 2 is 1.36 bits per heavy atom. The van der Waals surface area contributed by atoms with Gasteiger partial charge in [0.05, 0.1) is 5.69 Å². The number of carbonyl (C=O) groups excluding carboxylic acids is 2. The summed E-state index contributed by atoms with van der Waals surface area (Å²) in [6, 6.07) is 2.94. The number of hydrogen-bond acceptors (Lipinski definition) is 7. The zero-order valence-corrected chi connectivity index (χ0v) is 13.4. The lowest BCUT2D eigenvalue weighted by molar-refractivity contribution is -0.555. The third-order valence-corrected chi connectivity index (χ3v) is 6.65. The summed E-state index contributed by atoms with van der Waals surface area (Å²) in [7, 11) is -12.1. The molecule has 1 atom stereocenters. The maximum atomic E-state index is 12.3. The first-order valence-electron chi connectivity index (χ1n) is 6.07. The molecule has 1 aliphatic rings. The van der Waals surface area contributed by atoms with E-state index >= 15 is 0 Å². The van der Waals surface area contributed by atoms with E-state index in [1.54, 1.807) is 0 Å². The van der Waals surface area contributed by atoms with Gasteiger partial charge in [-0.3, -0.25) is 9.59 Å². The SMILES string of the molecule is O=C1C=CC(=O)N1c1ccc(S(=O)(=O)[NH+]([O-])S(=O)(=O)C(F)(F)F)cc1. The molecule has 136 valence electrons. The molecule has 0 fully saturated rings. The summed E-state index contributed by atoms with van der Waals surface area (Å²) in [5.74, 6) is -1.48. The summed E-state index contributed by atoms with van der Waals surface area (Å²) < 4.78 is 79.5. The number of amides is 2. The molecule has 14 heteroatoms. The second kappa shape index (κ2) is 5.91. The fourth-order valence-corrected chi connectivity index (χ4v) is 4.37. The molecule has 1 aromatic rings. The number of nitrogens with one attached hydrogen (secondary N) is 1. The van der Waals surface area contributed by atoms with Crippen molar-refractivity contribution >= 4 is 37.5 Å². The lowest BCUT2D eigenvalue weighted by atomic mass is 10.3. The van der Waals surface area contributed by atoms with Crippen LogP contribution in [0.5, 0.6) is 0 Å². The molecule has 25 heavy (non-hydrogen) atoms. The smallest absolute Gasteiger partial charge is 0.550 e. The molecule has 2 amide bonds. The molecule has 0 saturated carbocycles. The Balaban J connectivity index is 2.39. The highest BCUT2D eigenvalue weighted by Crippen LogP contribution is 2.23. The minimum absolute atomic E-state index is 0.120. The van der Waals surface area contributed by atoms with Gasteiger partial charge >= 0.3 is 25.6 Å². The Labute approximate surface area is 138 Å². The second-order valence-electron chi connectivity index (χ2n) is 4.54. The summed E-state index contributed by atoms with van der Waals surface area (Å²) >= 11 is 0. The second-order valence-corrected chi connectivity index (χ2v) is 8.49. The first-order valence-corrected chi connectivity index (χ1v) is 9.03. The van der Waals surface area contributed by atoms with E-state index in [9.17, 15) is 44.8 Å². The van der Waals surface area contributed by atoms with Crippen molar-refractivity contribution in [3.8, 4) is 0 Å². The number of rotatable bonds is 4. The molecule has 0 spiro atoms. The predicted octanol–water partition coefficient (Wildman–Crippen LogP) is -0.963. The number of nitrogens with zero attached hydrogens (tertiary/aromatic N) is 1. The summed E-state index contributed by atoms with van der Waals surface area (Å²) in [6.45, 7) is 0. The van der Waals surface area contributed by atoms with Gasteiger partial charge in [0, 0.05) is 12.2 Å². The van der Waals surface area contributed by atoms with Crippen LogP contribution in [0.3, 0.4) is 0 Å². The Hall–Kier alpha value is -2.29. The summed E-state index contributed by atoms with van der Waals surface area (Å²) in [6.07, 6.45) is 1.87. The van der Waals surface area contributed by atoms with Crippen LogP contribution in [0.15, 0.2) is 41.3 Å². The molecule has 2 rings (SSSR count). The number of sulfonamides is 2. The van der Waals surface area contributed by atoms with Crippen molar-refractivity contribution in [2.45, 2.75) is 10.4 Å². The molecule has 0 radical (unpaired) electrons. The third kappa shape index (κ3) is 3.15. The van der Waals surface area contributed by atoms with Crippen LogP contribution >= 0.6 is 0 Å². The van der Waals surface area contributed by atoms with Gasteiger partial charge in [-0.2, -0.15) is 30.0 Å². The first kappa shape index (κ1) is 19.0. The fraction of sp³-hybridized carbons (Fsp3) is 0.0909. The molecule has 0 bridgehead atoms. The summed E-state index contributed by atoms with van der Waals surface area (Å²) in [5.41, 5.74) is -6.19. The molecule has 0 saturated heterocycles. The Kier molecular flexibility index (Phi) is 4.50. The van der Waals surface area contributed by atoms with Gasteiger partial charge in [-0.1, -0.05) is 0 Å². The maximum Gasteiger partial charge on any atom is 0.550 e. The lowest BCUT2D eigenvalue weighted by Gasteiger charge is -2.21. The van der Waals surface area contributed by atoms with Gasteiger partial charge in [0.1, 0.15) is 4.90 Å². The lowest BCUT2D eigenvalue weighted by Crippen LogP contribution is -3.12. The number of anilines is 1. The largest absolute Gasteiger partial charge is 0.602 e. The standard InChI is InChI=1S/C11H7F3N2O7S2/c12-11(13,14)25(22,23)16(19)24(20,21)8-3-1-7(2-4-8)15-9(17)5-6-10(15)18/h1-6,16H. The number of carbonyl (C=O) groups is 2. The van der Waals surface area contributed by atoms with Crippen LogP contribution in [0.2, 0.25) is 0 Å². The molecule has 1 N–H and O–H groups in total. The summed E-state index contributed by atoms with van der Waals surface area (Å²) in [4.78, 5) is 22.5. The Bertz CT molecular complexity index is 948. The van der Waals surface area contributed by atoms with Gasteiger partial charge < -0.3 is 5.21 Å². The number of imide groups is 1. The maximum absolute atomic E-state index is 12.3. The van der Waals surface area contributed by atoms with E-state index in [1.165, 1.54) is 0 Å². The zero-order valence-electron chi connectivity index (χ0n) is 11.7. The predicted molar refractivity (Wildman–Crippen MR) is 74.6 cm³/mol. The van der Waals surface area contributed by atoms with Crippen LogP contribution in [0.1, 0.15) is 0 Å². The minimum atomic E-state index is -6.58. The monoisotopic (exact) mass is 400 g/mol. The number of halogens is 3. The number of hydrogen-bond donors (Lipinski definition) is 1. The van der Waals surface area contributed by atoms with Gasteiger partial charge in [-0.25, -0.2) is 4.90 Å². The third-order valence-electron chi connectivity index (χ3n) is 2.96.